The van der Waals surface area contributed by atoms with Crippen molar-refractivity contribution in [1.82, 2.24) is 4.31 Å². The number of aliphatic hydroxyl groups is 1. The SMILES string of the molecule is CC1(O)CN(S(=O)(=O)c2cc([N+](=O)[O-])ccc2Cl)C1. The first-order valence-electron chi connectivity index (χ1n) is 5.30. The van der Waals surface area contributed by atoms with E-state index in [1.165, 1.54) is 13.0 Å². The maximum absolute atomic E-state index is 12.2. The van der Waals surface area contributed by atoms with E-state index in [1.54, 1.807) is 0 Å². The lowest BCUT2D eigenvalue weighted by Gasteiger charge is -2.42. The molecule has 0 bridgehead atoms. The average molecular weight is 307 g/mol. The largest absolute Gasteiger partial charge is 0.387 e. The summed E-state index contributed by atoms with van der Waals surface area (Å²) in [4.78, 5) is 9.65. The molecule has 9 heteroatoms. The number of nitro benzene ring substituents is 1. The second-order valence-electron chi connectivity index (χ2n) is 4.64. The van der Waals surface area contributed by atoms with Crippen LogP contribution >= 0.6 is 11.6 Å². The number of sulfonamides is 1. The van der Waals surface area contributed by atoms with Gasteiger partial charge in [-0.3, -0.25) is 10.1 Å². The zero-order valence-electron chi connectivity index (χ0n) is 9.91. The lowest BCUT2D eigenvalue weighted by atomic mass is 10.0. The number of β-amino-alcohol motifs (C(OH)–C–C–N with tert-alkyl or cyclic N) is 1. The average Bonchev–Trinajstić information content (AvgIpc) is 2.25. The molecule has 0 radical (unpaired) electrons. The van der Waals surface area contributed by atoms with E-state index in [0.717, 1.165) is 16.4 Å². The summed E-state index contributed by atoms with van der Waals surface area (Å²) in [6.07, 6.45) is 0. The Kier molecular flexibility index (Phi) is 3.29. The minimum atomic E-state index is -3.92. The van der Waals surface area contributed by atoms with Crippen LogP contribution in [0.1, 0.15) is 6.92 Å². The predicted octanol–water partition coefficient (Wildman–Crippen LogP) is 1.00. The molecule has 104 valence electrons. The summed E-state index contributed by atoms with van der Waals surface area (Å²) >= 11 is 5.79. The van der Waals surface area contributed by atoms with Crippen molar-refractivity contribution in [2.75, 3.05) is 13.1 Å². The van der Waals surface area contributed by atoms with Gasteiger partial charge < -0.3 is 5.11 Å². The summed E-state index contributed by atoms with van der Waals surface area (Å²) in [6, 6.07) is 3.23. The number of nitro groups is 1. The Labute approximate surface area is 114 Å². The summed E-state index contributed by atoms with van der Waals surface area (Å²) < 4.78 is 25.4. The molecule has 7 nitrogen and oxygen atoms in total. The van der Waals surface area contributed by atoms with Crippen LogP contribution in [0.5, 0.6) is 0 Å². The molecule has 1 aromatic carbocycles. The highest BCUT2D eigenvalue weighted by Gasteiger charge is 2.44. The Morgan fingerprint density at radius 2 is 2.05 bits per heavy atom. The van der Waals surface area contributed by atoms with Crippen molar-refractivity contribution in [1.29, 1.82) is 0 Å². The maximum Gasteiger partial charge on any atom is 0.270 e. The van der Waals surface area contributed by atoms with Crippen molar-refractivity contribution >= 4 is 27.3 Å². The molecule has 0 aliphatic carbocycles. The molecule has 19 heavy (non-hydrogen) atoms. The standard InChI is InChI=1S/C10H11ClN2O5S/c1-10(14)5-12(6-10)19(17,18)9-4-7(13(15)16)2-3-8(9)11/h2-4,14H,5-6H2,1H3. The maximum atomic E-state index is 12.2. The van der Waals surface area contributed by atoms with E-state index in [4.69, 9.17) is 11.6 Å². The zero-order chi connectivity index (χ0) is 14.4. The van der Waals surface area contributed by atoms with E-state index in [9.17, 15) is 23.6 Å². The van der Waals surface area contributed by atoms with Crippen LogP contribution in [-0.2, 0) is 10.0 Å². The van der Waals surface area contributed by atoms with Gasteiger partial charge in [0.25, 0.3) is 5.69 Å². The van der Waals surface area contributed by atoms with Crippen LogP contribution < -0.4 is 0 Å². The van der Waals surface area contributed by atoms with Crippen LogP contribution in [0, 0.1) is 10.1 Å². The Bertz CT molecular complexity index is 635. The van der Waals surface area contributed by atoms with Crippen LogP contribution in [-0.4, -0.2) is 41.4 Å². The third-order valence-electron chi connectivity index (χ3n) is 2.78. The smallest absolute Gasteiger partial charge is 0.270 e. The fourth-order valence-electron chi connectivity index (χ4n) is 1.83. The van der Waals surface area contributed by atoms with Gasteiger partial charge in [-0.2, -0.15) is 4.31 Å². The van der Waals surface area contributed by atoms with Crippen LogP contribution in [0.25, 0.3) is 0 Å². The minimum Gasteiger partial charge on any atom is -0.387 e. The van der Waals surface area contributed by atoms with Gasteiger partial charge in [0.1, 0.15) is 4.90 Å². The molecule has 0 amide bonds. The lowest BCUT2D eigenvalue weighted by Crippen LogP contribution is -2.61. The van der Waals surface area contributed by atoms with Crippen molar-refractivity contribution in [3.05, 3.63) is 33.3 Å². The summed E-state index contributed by atoms with van der Waals surface area (Å²) in [5.74, 6) is 0. The number of non-ortho nitro benzene ring substituents is 1. The number of hydrogen-bond donors (Lipinski definition) is 1. The van der Waals surface area contributed by atoms with Gasteiger partial charge >= 0.3 is 0 Å². The highest BCUT2D eigenvalue weighted by molar-refractivity contribution is 7.89. The highest BCUT2D eigenvalue weighted by atomic mass is 35.5. The first-order chi connectivity index (χ1) is 8.63. The van der Waals surface area contributed by atoms with Crippen molar-refractivity contribution in [2.45, 2.75) is 17.4 Å². The summed E-state index contributed by atoms with van der Waals surface area (Å²) in [6.45, 7) is 1.39. The Morgan fingerprint density at radius 1 is 1.47 bits per heavy atom. The van der Waals surface area contributed by atoms with Gasteiger partial charge in [0.15, 0.2) is 0 Å². The number of rotatable bonds is 3. The van der Waals surface area contributed by atoms with E-state index in [-0.39, 0.29) is 28.7 Å². The Morgan fingerprint density at radius 3 is 2.53 bits per heavy atom. The first kappa shape index (κ1) is 14.2. The molecule has 0 unspecified atom stereocenters. The zero-order valence-corrected chi connectivity index (χ0v) is 11.5. The fourth-order valence-corrected chi connectivity index (χ4v) is 3.99. The van der Waals surface area contributed by atoms with Crippen LogP contribution in [0.15, 0.2) is 23.1 Å². The third-order valence-corrected chi connectivity index (χ3v) is 5.05. The van der Waals surface area contributed by atoms with Gasteiger partial charge in [0.05, 0.1) is 15.5 Å². The van der Waals surface area contributed by atoms with E-state index < -0.39 is 20.5 Å². The van der Waals surface area contributed by atoms with E-state index >= 15 is 0 Å². The number of hydrogen-bond acceptors (Lipinski definition) is 5. The van der Waals surface area contributed by atoms with Gasteiger partial charge in [0, 0.05) is 25.2 Å². The Hall–Kier alpha value is -1.22. The number of halogens is 1. The van der Waals surface area contributed by atoms with Gasteiger partial charge in [-0.1, -0.05) is 11.6 Å². The van der Waals surface area contributed by atoms with Gasteiger partial charge in [0.2, 0.25) is 10.0 Å². The highest BCUT2D eigenvalue weighted by Crippen LogP contribution is 2.33. The van der Waals surface area contributed by atoms with E-state index in [2.05, 4.69) is 0 Å². The van der Waals surface area contributed by atoms with Crippen molar-refractivity contribution in [2.24, 2.45) is 0 Å². The molecule has 2 rings (SSSR count). The molecule has 1 saturated heterocycles. The van der Waals surface area contributed by atoms with E-state index in [0.29, 0.717) is 0 Å². The molecule has 1 fully saturated rings. The molecule has 0 saturated carbocycles. The molecule has 1 N–H and O–H groups in total. The van der Waals surface area contributed by atoms with Crippen molar-refractivity contribution < 1.29 is 18.4 Å². The monoisotopic (exact) mass is 306 g/mol. The molecule has 1 aromatic rings. The summed E-state index contributed by atoms with van der Waals surface area (Å²) in [7, 11) is -3.92. The molecule has 0 spiro atoms. The molecule has 1 aliphatic heterocycles. The molecule has 0 aromatic heterocycles. The molecular weight excluding hydrogens is 296 g/mol. The van der Waals surface area contributed by atoms with Gasteiger partial charge in [-0.15, -0.1) is 0 Å². The third kappa shape index (κ3) is 2.57. The first-order valence-corrected chi connectivity index (χ1v) is 7.12. The lowest BCUT2D eigenvalue weighted by molar-refractivity contribution is -0.385. The normalized spacial score (nSPS) is 18.9. The number of nitrogens with zero attached hydrogens (tertiary/aromatic N) is 2. The predicted molar refractivity (Wildman–Crippen MR) is 67.5 cm³/mol. The molecule has 1 aliphatic rings. The van der Waals surface area contributed by atoms with Crippen LogP contribution in [0.2, 0.25) is 5.02 Å². The summed E-state index contributed by atoms with van der Waals surface area (Å²) in [5.41, 5.74) is -1.42. The van der Waals surface area contributed by atoms with E-state index in [1.807, 2.05) is 0 Å². The molecular formula is C10H11ClN2O5S. The quantitative estimate of drug-likeness (QED) is 0.663. The van der Waals surface area contributed by atoms with Gasteiger partial charge in [-0.25, -0.2) is 8.42 Å². The fraction of sp³-hybridized carbons (Fsp3) is 0.400. The Balaban J connectivity index is 2.41. The van der Waals surface area contributed by atoms with Gasteiger partial charge in [-0.05, 0) is 13.0 Å². The second kappa shape index (κ2) is 4.41. The second-order valence-corrected chi connectivity index (χ2v) is 6.96. The minimum absolute atomic E-state index is 0.0612. The summed E-state index contributed by atoms with van der Waals surface area (Å²) in [5, 5.41) is 20.1. The molecule has 1 heterocycles. The van der Waals surface area contributed by atoms with Crippen molar-refractivity contribution in [3.63, 3.8) is 0 Å². The topological polar surface area (TPSA) is 101 Å². The van der Waals surface area contributed by atoms with Crippen molar-refractivity contribution in [3.8, 4) is 0 Å². The van der Waals surface area contributed by atoms with Crippen LogP contribution in [0.3, 0.4) is 0 Å². The molecule has 0 atom stereocenters. The van der Waals surface area contributed by atoms with Crippen LogP contribution in [0.4, 0.5) is 5.69 Å². The number of benzene rings is 1.